The Balaban J connectivity index is 2.00. The van der Waals surface area contributed by atoms with Gasteiger partial charge in [-0.25, -0.2) is 0 Å². The molecule has 0 fully saturated rings. The number of thiol groups is 1. The second-order valence-corrected chi connectivity index (χ2v) is 9.44. The predicted molar refractivity (Wildman–Crippen MR) is 118 cm³/mol. The smallest absolute Gasteiger partial charge is 0.288 e. The largest absolute Gasteiger partial charge is 0.400 e. The highest BCUT2D eigenvalue weighted by molar-refractivity contribution is 7.80. The van der Waals surface area contributed by atoms with Gasteiger partial charge in [-0.1, -0.05) is 49.2 Å². The molecule has 1 nitrogen and oxygen atoms in total. The molecule has 1 unspecified atom stereocenters. The third-order valence-electron chi connectivity index (χ3n) is 5.65. The zero-order valence-electron chi connectivity index (χ0n) is 16.4. The van der Waals surface area contributed by atoms with Crippen LogP contribution in [0.3, 0.4) is 0 Å². The molecule has 0 amide bonds. The molecule has 1 aliphatic heterocycles. The zero-order valence-corrected chi connectivity index (χ0v) is 18.8. The number of halogens is 5. The summed E-state index contributed by atoms with van der Waals surface area (Å²) in [4.78, 5) is 4.31. The molecule has 2 aromatic carbocycles. The van der Waals surface area contributed by atoms with Gasteiger partial charge in [-0.15, -0.1) is 0 Å². The molecular formula is C22H22Cl2F3NS. The Morgan fingerprint density at radius 1 is 1.07 bits per heavy atom. The molecule has 1 atom stereocenters. The van der Waals surface area contributed by atoms with Crippen LogP contribution >= 0.6 is 35.8 Å². The second kappa shape index (κ2) is 7.82. The number of aryl methyl sites for hydroxylation is 1. The highest BCUT2D eigenvalue weighted by atomic mass is 35.5. The lowest BCUT2D eigenvalue weighted by Gasteiger charge is -2.32. The van der Waals surface area contributed by atoms with Crippen molar-refractivity contribution in [2.24, 2.45) is 4.99 Å². The molecule has 0 bridgehead atoms. The summed E-state index contributed by atoms with van der Waals surface area (Å²) in [6.45, 7) is 5.76. The summed E-state index contributed by atoms with van der Waals surface area (Å²) in [5, 5.41) is 0.359. The van der Waals surface area contributed by atoms with Gasteiger partial charge < -0.3 is 0 Å². The first-order valence-electron chi connectivity index (χ1n) is 9.19. The van der Waals surface area contributed by atoms with Gasteiger partial charge in [-0.05, 0) is 64.6 Å². The summed E-state index contributed by atoms with van der Waals surface area (Å²) in [6.07, 6.45) is -4.74. The second-order valence-electron chi connectivity index (χ2n) is 8.25. The number of benzene rings is 2. The van der Waals surface area contributed by atoms with E-state index >= 15 is 0 Å². The van der Waals surface area contributed by atoms with Crippen molar-refractivity contribution >= 4 is 41.5 Å². The minimum absolute atomic E-state index is 0.0470. The molecule has 2 aromatic rings. The first-order chi connectivity index (χ1) is 13.4. The van der Waals surface area contributed by atoms with Gasteiger partial charge in [0.25, 0.3) is 0 Å². The fourth-order valence-electron chi connectivity index (χ4n) is 3.89. The molecule has 0 aromatic heterocycles. The van der Waals surface area contributed by atoms with Gasteiger partial charge in [0, 0.05) is 22.2 Å². The van der Waals surface area contributed by atoms with E-state index in [1.807, 2.05) is 25.1 Å². The van der Waals surface area contributed by atoms with Crippen LogP contribution in [0.4, 0.5) is 13.2 Å². The van der Waals surface area contributed by atoms with E-state index < -0.39 is 11.6 Å². The number of hydrogen-bond donors (Lipinski definition) is 1. The molecular weight excluding hydrogens is 438 g/mol. The van der Waals surface area contributed by atoms with Crippen molar-refractivity contribution in [3.05, 3.63) is 68.7 Å². The first-order valence-corrected chi connectivity index (χ1v) is 10.6. The molecule has 0 aliphatic carbocycles. The number of rotatable bonds is 4. The van der Waals surface area contributed by atoms with Gasteiger partial charge in [0.15, 0.2) is 0 Å². The van der Waals surface area contributed by atoms with E-state index in [2.05, 4.69) is 31.5 Å². The van der Waals surface area contributed by atoms with Crippen LogP contribution in [0.1, 0.15) is 42.5 Å². The van der Waals surface area contributed by atoms with E-state index in [1.165, 1.54) is 18.2 Å². The highest BCUT2D eigenvalue weighted by Gasteiger charge is 2.58. The van der Waals surface area contributed by atoms with Crippen molar-refractivity contribution in [2.45, 2.75) is 44.2 Å². The van der Waals surface area contributed by atoms with Gasteiger partial charge in [0.05, 0.1) is 6.54 Å². The molecule has 0 N–H and O–H groups in total. The molecule has 0 saturated carbocycles. The van der Waals surface area contributed by atoms with Crippen LogP contribution < -0.4 is 0 Å². The maximum atomic E-state index is 14.2. The Kier molecular flexibility index (Phi) is 6.07. The van der Waals surface area contributed by atoms with Crippen molar-refractivity contribution in [3.8, 4) is 0 Å². The Hall–Kier alpha value is -1.17. The normalized spacial score (nSPS) is 20.1. The number of hydrogen-bond acceptors (Lipinski definition) is 2. The van der Waals surface area contributed by atoms with Crippen LogP contribution in [-0.4, -0.2) is 24.2 Å². The van der Waals surface area contributed by atoms with Crippen molar-refractivity contribution < 1.29 is 13.2 Å². The van der Waals surface area contributed by atoms with E-state index in [0.717, 1.165) is 11.1 Å². The topological polar surface area (TPSA) is 12.4 Å². The third kappa shape index (κ3) is 4.19. The Labute approximate surface area is 184 Å². The standard InChI is InChI=1S/C22H22Cl2F3NS/c1-13-6-14(4-5-18(13)20(2,3)12-29)19-10-21(11-28-19,22(25,26)27)15-7-16(23)9-17(24)8-15/h4-9,29H,10-12H2,1-3H3. The monoisotopic (exact) mass is 459 g/mol. The first kappa shape index (κ1) is 22.5. The van der Waals surface area contributed by atoms with Crippen LogP contribution in [0.25, 0.3) is 0 Å². The molecule has 1 aliphatic rings. The average molecular weight is 460 g/mol. The third-order valence-corrected chi connectivity index (χ3v) is 6.88. The molecule has 1 heterocycles. The van der Waals surface area contributed by atoms with Crippen LogP contribution in [0, 0.1) is 6.92 Å². The molecule has 0 saturated heterocycles. The summed E-state index contributed by atoms with van der Waals surface area (Å²) in [5.41, 5.74) is 1.07. The van der Waals surface area contributed by atoms with Crippen molar-refractivity contribution in [3.63, 3.8) is 0 Å². The summed E-state index contributed by atoms with van der Waals surface area (Å²) in [7, 11) is 0. The van der Waals surface area contributed by atoms with Crippen molar-refractivity contribution in [1.82, 2.24) is 0 Å². The van der Waals surface area contributed by atoms with E-state index in [-0.39, 0.29) is 34.0 Å². The van der Waals surface area contributed by atoms with Crippen molar-refractivity contribution in [2.75, 3.05) is 12.3 Å². The zero-order chi connectivity index (χ0) is 21.6. The predicted octanol–water partition coefficient (Wildman–Crippen LogP) is 7.20. The lowest BCUT2D eigenvalue weighted by molar-refractivity contribution is -0.183. The van der Waals surface area contributed by atoms with Gasteiger partial charge in [-0.2, -0.15) is 25.8 Å². The van der Waals surface area contributed by atoms with Crippen LogP contribution in [0.15, 0.2) is 41.4 Å². The fraction of sp³-hybridized carbons (Fsp3) is 0.409. The molecule has 29 heavy (non-hydrogen) atoms. The summed E-state index contributed by atoms with van der Waals surface area (Å²) in [6, 6.07) is 9.83. The Bertz CT molecular complexity index is 949. The lowest BCUT2D eigenvalue weighted by atomic mass is 9.76. The fourth-order valence-corrected chi connectivity index (χ4v) is 4.58. The summed E-state index contributed by atoms with van der Waals surface area (Å²) in [5.74, 6) is 0.668. The molecule has 0 spiro atoms. The molecule has 3 rings (SSSR count). The van der Waals surface area contributed by atoms with E-state index in [0.29, 0.717) is 17.0 Å². The molecule has 156 valence electrons. The number of alkyl halides is 3. The minimum atomic E-state index is -4.49. The van der Waals surface area contributed by atoms with Gasteiger partial charge >= 0.3 is 6.18 Å². The summed E-state index contributed by atoms with van der Waals surface area (Å²) >= 11 is 16.4. The average Bonchev–Trinajstić information content (AvgIpc) is 3.07. The van der Waals surface area contributed by atoms with Gasteiger partial charge in [0.1, 0.15) is 5.41 Å². The van der Waals surface area contributed by atoms with E-state index in [1.54, 1.807) is 0 Å². The maximum Gasteiger partial charge on any atom is 0.400 e. The molecule has 7 heteroatoms. The maximum absolute atomic E-state index is 14.2. The quantitative estimate of drug-likeness (QED) is 0.463. The van der Waals surface area contributed by atoms with Crippen molar-refractivity contribution in [1.29, 1.82) is 0 Å². The molecule has 0 radical (unpaired) electrons. The van der Waals surface area contributed by atoms with Gasteiger partial charge in [0.2, 0.25) is 0 Å². The van der Waals surface area contributed by atoms with Crippen LogP contribution in [0.5, 0.6) is 0 Å². The Morgan fingerprint density at radius 3 is 2.21 bits per heavy atom. The summed E-state index contributed by atoms with van der Waals surface area (Å²) < 4.78 is 42.7. The number of aliphatic imine (C=N–C) groups is 1. The number of nitrogens with zero attached hydrogens (tertiary/aromatic N) is 1. The highest BCUT2D eigenvalue weighted by Crippen LogP contribution is 2.49. The van der Waals surface area contributed by atoms with E-state index in [9.17, 15) is 13.2 Å². The van der Waals surface area contributed by atoms with Crippen LogP contribution in [-0.2, 0) is 10.8 Å². The SMILES string of the molecule is Cc1cc(C2=NCC(c3cc(Cl)cc(Cl)c3)(C(F)(F)F)C2)ccc1C(C)(C)CS. The van der Waals surface area contributed by atoms with Crippen LogP contribution in [0.2, 0.25) is 10.0 Å². The van der Waals surface area contributed by atoms with Gasteiger partial charge in [-0.3, -0.25) is 4.99 Å². The van der Waals surface area contributed by atoms with E-state index in [4.69, 9.17) is 23.2 Å². The lowest BCUT2D eigenvalue weighted by Crippen LogP contribution is -2.43. The Morgan fingerprint density at radius 2 is 1.69 bits per heavy atom. The minimum Gasteiger partial charge on any atom is -0.288 e.